The molecule has 0 aromatic carbocycles. The summed E-state index contributed by atoms with van der Waals surface area (Å²) in [7, 11) is 0. The quantitative estimate of drug-likeness (QED) is 0.296. The zero-order chi connectivity index (χ0) is 16.5. The van der Waals surface area contributed by atoms with Crippen molar-refractivity contribution in [3.63, 3.8) is 0 Å². The monoisotopic (exact) mass is 308 g/mol. The van der Waals surface area contributed by atoms with E-state index in [9.17, 15) is 25.5 Å². The maximum absolute atomic E-state index is 10.2. The van der Waals surface area contributed by atoms with Crippen LogP contribution in [0.1, 0.15) is 52.4 Å². The van der Waals surface area contributed by atoms with Crippen LogP contribution in [0.4, 0.5) is 0 Å². The van der Waals surface area contributed by atoms with Crippen LogP contribution in [-0.2, 0) is 0 Å². The van der Waals surface area contributed by atoms with Crippen molar-refractivity contribution in [2.24, 2.45) is 5.41 Å². The first-order valence-corrected chi connectivity index (χ1v) is 7.61. The third-order valence-corrected chi connectivity index (χ3v) is 4.01. The van der Waals surface area contributed by atoms with E-state index in [0.29, 0.717) is 19.3 Å². The Morgan fingerprint density at radius 2 is 1.29 bits per heavy atom. The van der Waals surface area contributed by atoms with Gasteiger partial charge in [-0.3, -0.25) is 0 Å². The fraction of sp³-hybridized carbons (Fsp3) is 1.00. The van der Waals surface area contributed by atoms with Crippen LogP contribution >= 0.6 is 0 Å². The van der Waals surface area contributed by atoms with Gasteiger partial charge in [0, 0.05) is 26.2 Å². The van der Waals surface area contributed by atoms with Crippen LogP contribution in [0.2, 0.25) is 0 Å². The Morgan fingerprint density at radius 3 is 1.67 bits per heavy atom. The second-order valence-corrected chi connectivity index (χ2v) is 6.53. The van der Waals surface area contributed by atoms with Gasteiger partial charge in [0.2, 0.25) is 0 Å². The van der Waals surface area contributed by atoms with E-state index < -0.39 is 23.2 Å². The van der Waals surface area contributed by atoms with Crippen LogP contribution in [0, 0.1) is 5.41 Å². The Balaban J connectivity index is 4.84. The van der Waals surface area contributed by atoms with E-state index in [1.165, 1.54) is 0 Å². The summed E-state index contributed by atoms with van der Waals surface area (Å²) in [6.07, 6.45) is 0.236. The van der Waals surface area contributed by atoms with E-state index >= 15 is 0 Å². The van der Waals surface area contributed by atoms with Gasteiger partial charge in [-0.25, -0.2) is 0 Å². The Bertz CT molecular complexity index is 261. The standard InChI is InChI=1S/C15H32O6/c1-12(19)9-15(4-7-17,5-8-18)11-13(20)10-14(2,21)3-6-16/h12-13,16-21H,3-11H2,1-2H3. The van der Waals surface area contributed by atoms with E-state index in [1.807, 2.05) is 0 Å². The Labute approximate surface area is 127 Å². The molecule has 0 aromatic rings. The fourth-order valence-electron chi connectivity index (χ4n) is 3.14. The van der Waals surface area contributed by atoms with Gasteiger partial charge in [-0.15, -0.1) is 0 Å². The first-order chi connectivity index (χ1) is 9.70. The molecule has 0 aliphatic heterocycles. The van der Waals surface area contributed by atoms with Crippen molar-refractivity contribution in [1.29, 1.82) is 0 Å². The highest BCUT2D eigenvalue weighted by Crippen LogP contribution is 2.38. The average Bonchev–Trinajstić information content (AvgIpc) is 2.26. The van der Waals surface area contributed by atoms with E-state index in [4.69, 9.17) is 5.11 Å². The molecule has 0 bridgehead atoms. The predicted octanol–water partition coefficient (Wildman–Crippen LogP) is -0.217. The van der Waals surface area contributed by atoms with Gasteiger partial charge < -0.3 is 30.6 Å². The van der Waals surface area contributed by atoms with E-state index in [2.05, 4.69) is 0 Å². The molecule has 0 amide bonds. The smallest absolute Gasteiger partial charge is 0.0666 e. The van der Waals surface area contributed by atoms with Gasteiger partial charge in [0.15, 0.2) is 0 Å². The lowest BCUT2D eigenvalue weighted by atomic mass is 9.71. The second kappa shape index (κ2) is 9.71. The van der Waals surface area contributed by atoms with E-state index in [1.54, 1.807) is 13.8 Å². The molecule has 3 unspecified atom stereocenters. The highest BCUT2D eigenvalue weighted by atomic mass is 16.3. The highest BCUT2D eigenvalue weighted by Gasteiger charge is 2.35. The minimum absolute atomic E-state index is 0.0908. The molecule has 0 aromatic heterocycles. The summed E-state index contributed by atoms with van der Waals surface area (Å²) in [6.45, 7) is 2.85. The Morgan fingerprint density at radius 1 is 0.810 bits per heavy atom. The molecule has 0 aliphatic carbocycles. The van der Waals surface area contributed by atoms with Crippen molar-refractivity contribution in [1.82, 2.24) is 0 Å². The zero-order valence-electron chi connectivity index (χ0n) is 13.2. The molecule has 0 spiro atoms. The summed E-state index contributed by atoms with van der Waals surface area (Å²) in [6, 6.07) is 0. The summed E-state index contributed by atoms with van der Waals surface area (Å²) >= 11 is 0. The second-order valence-electron chi connectivity index (χ2n) is 6.53. The van der Waals surface area contributed by atoms with Crippen LogP contribution in [0.3, 0.4) is 0 Å². The van der Waals surface area contributed by atoms with Crippen LogP contribution in [0.25, 0.3) is 0 Å². The molecule has 0 heterocycles. The Kier molecular flexibility index (Phi) is 9.60. The molecule has 21 heavy (non-hydrogen) atoms. The third kappa shape index (κ3) is 8.70. The minimum Gasteiger partial charge on any atom is -0.396 e. The van der Waals surface area contributed by atoms with Gasteiger partial charge in [-0.1, -0.05) is 0 Å². The van der Waals surface area contributed by atoms with Gasteiger partial charge in [-0.05, 0) is 51.4 Å². The van der Waals surface area contributed by atoms with E-state index in [-0.39, 0.29) is 39.1 Å². The summed E-state index contributed by atoms with van der Waals surface area (Å²) in [5.41, 5.74) is -1.73. The predicted molar refractivity (Wildman–Crippen MR) is 79.7 cm³/mol. The largest absolute Gasteiger partial charge is 0.396 e. The molecule has 0 saturated carbocycles. The maximum Gasteiger partial charge on any atom is 0.0666 e. The summed E-state index contributed by atoms with van der Waals surface area (Å²) in [5, 5.41) is 57.3. The van der Waals surface area contributed by atoms with Gasteiger partial charge in [0.05, 0.1) is 17.8 Å². The van der Waals surface area contributed by atoms with Gasteiger partial charge in [0.1, 0.15) is 0 Å². The molecule has 0 fully saturated rings. The fourth-order valence-corrected chi connectivity index (χ4v) is 3.14. The van der Waals surface area contributed by atoms with Crippen molar-refractivity contribution in [2.45, 2.75) is 70.2 Å². The van der Waals surface area contributed by atoms with Crippen LogP contribution in [-0.4, -0.2) is 68.3 Å². The number of aliphatic hydroxyl groups excluding tert-OH is 5. The average molecular weight is 308 g/mol. The maximum atomic E-state index is 10.2. The number of hydrogen-bond acceptors (Lipinski definition) is 6. The number of hydrogen-bond donors (Lipinski definition) is 6. The van der Waals surface area contributed by atoms with Crippen LogP contribution in [0.5, 0.6) is 0 Å². The molecule has 0 aliphatic rings. The highest BCUT2D eigenvalue weighted by molar-refractivity contribution is 4.86. The van der Waals surface area contributed by atoms with Crippen molar-refractivity contribution in [2.75, 3.05) is 19.8 Å². The Hall–Kier alpha value is -0.240. The lowest BCUT2D eigenvalue weighted by molar-refractivity contribution is -0.0382. The van der Waals surface area contributed by atoms with Gasteiger partial charge in [-0.2, -0.15) is 0 Å². The topological polar surface area (TPSA) is 121 Å². The van der Waals surface area contributed by atoms with E-state index in [0.717, 1.165) is 0 Å². The molecule has 6 heteroatoms. The number of rotatable bonds is 12. The lowest BCUT2D eigenvalue weighted by Gasteiger charge is -2.37. The van der Waals surface area contributed by atoms with Crippen molar-refractivity contribution < 1.29 is 30.6 Å². The third-order valence-electron chi connectivity index (χ3n) is 4.01. The summed E-state index contributed by atoms with van der Waals surface area (Å²) in [4.78, 5) is 0. The molecule has 6 nitrogen and oxygen atoms in total. The first-order valence-electron chi connectivity index (χ1n) is 7.61. The normalized spacial score (nSPS) is 18.3. The molecule has 3 atom stereocenters. The molecule has 0 saturated heterocycles. The van der Waals surface area contributed by atoms with Crippen molar-refractivity contribution in [3.05, 3.63) is 0 Å². The molecule has 0 radical (unpaired) electrons. The SMILES string of the molecule is CC(O)CC(CCO)(CCO)CC(O)CC(C)(O)CCO. The van der Waals surface area contributed by atoms with Crippen molar-refractivity contribution >= 4 is 0 Å². The molecule has 6 N–H and O–H groups in total. The van der Waals surface area contributed by atoms with Gasteiger partial charge in [0.25, 0.3) is 0 Å². The first kappa shape index (κ1) is 20.8. The zero-order valence-corrected chi connectivity index (χ0v) is 13.2. The van der Waals surface area contributed by atoms with Crippen LogP contribution in [0.15, 0.2) is 0 Å². The molecule has 0 rings (SSSR count). The molecular weight excluding hydrogens is 276 g/mol. The summed E-state index contributed by atoms with van der Waals surface area (Å²) < 4.78 is 0. The molecule has 128 valence electrons. The summed E-state index contributed by atoms with van der Waals surface area (Å²) in [5.74, 6) is 0. The van der Waals surface area contributed by atoms with Crippen LogP contribution < -0.4 is 0 Å². The number of aliphatic hydroxyl groups is 6. The van der Waals surface area contributed by atoms with Gasteiger partial charge >= 0.3 is 0 Å². The lowest BCUT2D eigenvalue weighted by Crippen LogP contribution is -2.37. The minimum atomic E-state index is -1.16. The van der Waals surface area contributed by atoms with Crippen molar-refractivity contribution in [3.8, 4) is 0 Å². The molecular formula is C15H32O6.